The topological polar surface area (TPSA) is 118 Å². The summed E-state index contributed by atoms with van der Waals surface area (Å²) in [5.41, 5.74) is 0.116. The first-order valence-corrected chi connectivity index (χ1v) is 10.3. The summed E-state index contributed by atoms with van der Waals surface area (Å²) >= 11 is 5.62. The maximum absolute atomic E-state index is 13.1. The van der Waals surface area contributed by atoms with E-state index in [1.165, 1.54) is 22.6 Å². The van der Waals surface area contributed by atoms with Crippen LogP contribution >= 0.6 is 11.6 Å². The smallest absolute Gasteiger partial charge is 0.355 e. The molecule has 9 nitrogen and oxygen atoms in total. The van der Waals surface area contributed by atoms with Crippen LogP contribution in [0.4, 0.5) is 10.1 Å². The zero-order valence-corrected chi connectivity index (χ0v) is 16.6. The first kappa shape index (κ1) is 21.2. The summed E-state index contributed by atoms with van der Waals surface area (Å²) in [6.07, 6.45) is 1.18. The first-order valence-electron chi connectivity index (χ1n) is 8.46. The summed E-state index contributed by atoms with van der Waals surface area (Å²) in [6, 6.07) is 4.74. The Morgan fingerprint density at radius 3 is 2.69 bits per heavy atom. The lowest BCUT2D eigenvalue weighted by atomic mass is 10.3. The Bertz CT molecular complexity index is 1020. The number of anilines is 1. The van der Waals surface area contributed by atoms with Crippen LogP contribution in [0.15, 0.2) is 35.4 Å². The summed E-state index contributed by atoms with van der Waals surface area (Å²) in [5.74, 6) is -2.21. The molecule has 0 spiro atoms. The Balaban J connectivity index is 1.57. The predicted molar refractivity (Wildman–Crippen MR) is 101 cm³/mol. The second kappa shape index (κ2) is 8.91. The Labute approximate surface area is 170 Å². The maximum Gasteiger partial charge on any atom is 0.355 e. The van der Waals surface area contributed by atoms with Crippen molar-refractivity contribution >= 4 is 39.2 Å². The molecule has 1 aromatic heterocycles. The molecule has 1 fully saturated rings. The molecule has 1 aliphatic rings. The number of sulfonamides is 1. The number of nitrogens with zero attached hydrogens (tertiary/aromatic N) is 1. The normalized spacial score (nSPS) is 15.1. The molecule has 0 aliphatic carbocycles. The highest BCUT2D eigenvalue weighted by Crippen LogP contribution is 2.20. The minimum absolute atomic E-state index is 0.0863. The molecule has 156 valence electrons. The van der Waals surface area contributed by atoms with Crippen LogP contribution in [0.3, 0.4) is 0 Å². The average molecular weight is 446 g/mol. The number of hydrogen-bond donors (Lipinski definition) is 2. The van der Waals surface area contributed by atoms with Crippen molar-refractivity contribution in [2.75, 3.05) is 38.2 Å². The number of carbonyl (C=O) groups excluding carboxylic acids is 2. The Morgan fingerprint density at radius 1 is 1.28 bits per heavy atom. The third kappa shape index (κ3) is 5.12. The summed E-state index contributed by atoms with van der Waals surface area (Å²) in [6.45, 7) is 0.417. The van der Waals surface area contributed by atoms with Crippen LogP contribution in [0.1, 0.15) is 10.5 Å². The molecular formula is C17H17ClFN3O6S. The van der Waals surface area contributed by atoms with E-state index in [2.05, 4.69) is 10.3 Å². The van der Waals surface area contributed by atoms with E-state index in [9.17, 15) is 22.4 Å². The highest BCUT2D eigenvalue weighted by atomic mass is 35.5. The van der Waals surface area contributed by atoms with E-state index in [-0.39, 0.29) is 34.4 Å². The van der Waals surface area contributed by atoms with E-state index in [1.807, 2.05) is 0 Å². The molecule has 29 heavy (non-hydrogen) atoms. The number of benzene rings is 1. The molecule has 1 amide bonds. The van der Waals surface area contributed by atoms with Crippen molar-refractivity contribution in [2.45, 2.75) is 4.90 Å². The molecule has 2 aromatic rings. The van der Waals surface area contributed by atoms with Crippen molar-refractivity contribution < 1.29 is 31.9 Å². The minimum atomic E-state index is -3.76. The third-order valence-corrected chi connectivity index (χ3v) is 6.19. The molecule has 1 aromatic carbocycles. The number of aromatic nitrogens is 1. The van der Waals surface area contributed by atoms with Gasteiger partial charge in [-0.1, -0.05) is 11.6 Å². The molecule has 2 N–H and O–H groups in total. The highest BCUT2D eigenvalue weighted by Gasteiger charge is 2.28. The monoisotopic (exact) mass is 445 g/mol. The van der Waals surface area contributed by atoms with Crippen LogP contribution in [0, 0.1) is 5.82 Å². The summed E-state index contributed by atoms with van der Waals surface area (Å²) in [5, 5.41) is 2.23. The number of carbonyl (C=O) groups is 2. The van der Waals surface area contributed by atoms with Gasteiger partial charge in [0.05, 0.1) is 18.2 Å². The van der Waals surface area contributed by atoms with Crippen molar-refractivity contribution in [3.8, 4) is 0 Å². The van der Waals surface area contributed by atoms with Crippen LogP contribution in [-0.2, 0) is 24.3 Å². The average Bonchev–Trinajstić information content (AvgIpc) is 3.21. The lowest BCUT2D eigenvalue weighted by Crippen LogP contribution is -2.40. The number of aromatic amines is 1. The van der Waals surface area contributed by atoms with Crippen molar-refractivity contribution in [1.29, 1.82) is 0 Å². The van der Waals surface area contributed by atoms with Gasteiger partial charge in [-0.25, -0.2) is 17.6 Å². The van der Waals surface area contributed by atoms with Gasteiger partial charge in [0.1, 0.15) is 16.4 Å². The van der Waals surface area contributed by atoms with Crippen molar-refractivity contribution in [3.63, 3.8) is 0 Å². The second-order valence-corrected chi connectivity index (χ2v) is 8.36. The van der Waals surface area contributed by atoms with Crippen LogP contribution in [0.25, 0.3) is 0 Å². The molecule has 0 radical (unpaired) electrons. The molecule has 0 saturated carbocycles. The minimum Gasteiger partial charge on any atom is -0.451 e. The molecule has 0 unspecified atom stereocenters. The first-order chi connectivity index (χ1) is 13.8. The van der Waals surface area contributed by atoms with Crippen molar-refractivity contribution in [3.05, 3.63) is 47.0 Å². The van der Waals surface area contributed by atoms with Gasteiger partial charge < -0.3 is 19.8 Å². The maximum atomic E-state index is 13.1. The third-order valence-electron chi connectivity index (χ3n) is 4.02. The van der Waals surface area contributed by atoms with Gasteiger partial charge in [0.25, 0.3) is 5.91 Å². The number of esters is 1. The predicted octanol–water partition coefficient (Wildman–Crippen LogP) is 1.62. The van der Waals surface area contributed by atoms with Gasteiger partial charge in [-0.3, -0.25) is 4.79 Å². The van der Waals surface area contributed by atoms with Gasteiger partial charge in [-0.05, 0) is 24.3 Å². The van der Waals surface area contributed by atoms with Crippen LogP contribution in [-0.4, -0.2) is 62.5 Å². The molecule has 0 atom stereocenters. The van der Waals surface area contributed by atoms with Gasteiger partial charge in [0.2, 0.25) is 10.0 Å². The van der Waals surface area contributed by atoms with Crippen LogP contribution < -0.4 is 5.32 Å². The van der Waals surface area contributed by atoms with E-state index in [0.717, 1.165) is 12.1 Å². The number of rotatable bonds is 6. The zero-order chi connectivity index (χ0) is 21.0. The molecule has 1 saturated heterocycles. The van der Waals surface area contributed by atoms with Crippen molar-refractivity contribution in [1.82, 2.24) is 9.29 Å². The standard InChI is InChI=1S/C17H17ClFN3O6S/c18-13-7-11(1-2-14(13)19)21-16(23)10-28-17(24)15-8-12(9-20-15)29(25,26)22-3-5-27-6-4-22/h1-2,7-9,20H,3-6,10H2,(H,21,23). The molecular weight excluding hydrogens is 429 g/mol. The SMILES string of the molecule is O=C(COC(=O)c1cc(S(=O)(=O)N2CCOCC2)c[nH]1)Nc1ccc(F)c(Cl)c1. The number of nitrogens with one attached hydrogen (secondary N) is 2. The molecule has 12 heteroatoms. The lowest BCUT2D eigenvalue weighted by Gasteiger charge is -2.25. The fourth-order valence-corrected chi connectivity index (χ4v) is 4.14. The number of amides is 1. The van der Waals surface area contributed by atoms with Gasteiger partial charge in [0, 0.05) is 25.0 Å². The van der Waals surface area contributed by atoms with E-state index >= 15 is 0 Å². The van der Waals surface area contributed by atoms with Crippen LogP contribution in [0.5, 0.6) is 0 Å². The molecule has 1 aliphatic heterocycles. The lowest BCUT2D eigenvalue weighted by molar-refractivity contribution is -0.119. The molecule has 3 rings (SSSR count). The summed E-state index contributed by atoms with van der Waals surface area (Å²) in [7, 11) is -3.76. The number of morpholine rings is 1. The second-order valence-electron chi connectivity index (χ2n) is 6.02. The summed E-state index contributed by atoms with van der Waals surface area (Å²) in [4.78, 5) is 26.4. The van der Waals surface area contributed by atoms with Crippen molar-refractivity contribution in [2.24, 2.45) is 0 Å². The van der Waals surface area contributed by atoms with Gasteiger partial charge >= 0.3 is 5.97 Å². The molecule has 2 heterocycles. The number of hydrogen-bond acceptors (Lipinski definition) is 6. The van der Waals surface area contributed by atoms with E-state index in [4.69, 9.17) is 21.1 Å². The van der Waals surface area contributed by atoms with E-state index in [1.54, 1.807) is 0 Å². The molecule has 0 bridgehead atoms. The van der Waals surface area contributed by atoms with Gasteiger partial charge in [0.15, 0.2) is 6.61 Å². The van der Waals surface area contributed by atoms with Crippen LogP contribution in [0.2, 0.25) is 5.02 Å². The zero-order valence-electron chi connectivity index (χ0n) is 15.0. The van der Waals surface area contributed by atoms with E-state index < -0.39 is 34.3 Å². The van der Waals surface area contributed by atoms with E-state index in [0.29, 0.717) is 13.2 Å². The van der Waals surface area contributed by atoms with Gasteiger partial charge in [-0.2, -0.15) is 4.31 Å². The highest BCUT2D eigenvalue weighted by molar-refractivity contribution is 7.89. The quantitative estimate of drug-likeness (QED) is 0.652. The fourth-order valence-electron chi connectivity index (χ4n) is 2.56. The Hall–Kier alpha value is -2.47. The number of halogens is 2. The number of ether oxygens (including phenoxy) is 2. The fraction of sp³-hybridized carbons (Fsp3) is 0.294. The number of H-pyrrole nitrogens is 1. The Kier molecular flexibility index (Phi) is 6.52. The largest absolute Gasteiger partial charge is 0.451 e. The summed E-state index contributed by atoms with van der Waals surface area (Å²) < 4.78 is 49.5. The van der Waals surface area contributed by atoms with Gasteiger partial charge in [-0.15, -0.1) is 0 Å². The Morgan fingerprint density at radius 2 is 2.00 bits per heavy atom.